The third-order valence-electron chi connectivity index (χ3n) is 6.01. The van der Waals surface area contributed by atoms with Gasteiger partial charge in [0.25, 0.3) is 0 Å². The number of nitrogens with one attached hydrogen (secondary N) is 1. The summed E-state index contributed by atoms with van der Waals surface area (Å²) in [4.78, 5) is 28.1. The van der Waals surface area contributed by atoms with Gasteiger partial charge in [-0.3, -0.25) is 9.59 Å². The molecule has 0 heterocycles. The average Bonchev–Trinajstić information content (AvgIpc) is 2.82. The summed E-state index contributed by atoms with van der Waals surface area (Å²) in [6.07, 6.45) is 5.97. The van der Waals surface area contributed by atoms with Crippen molar-refractivity contribution in [2.24, 2.45) is 0 Å². The lowest BCUT2D eigenvalue weighted by Crippen LogP contribution is -2.52. The molecule has 2 aromatic rings. The van der Waals surface area contributed by atoms with Crippen molar-refractivity contribution in [2.45, 2.75) is 69.8 Å². The van der Waals surface area contributed by atoms with Crippen molar-refractivity contribution in [1.82, 2.24) is 10.2 Å². The van der Waals surface area contributed by atoms with Crippen molar-refractivity contribution in [2.75, 3.05) is 5.75 Å². The number of amides is 2. The number of rotatable bonds is 10. The number of hydrogen-bond donors (Lipinski definition) is 1. The average molecular weight is 491 g/mol. The molecule has 33 heavy (non-hydrogen) atoms. The SMILES string of the molecule is CC[C@@H](C(=O)NC1CCCCC1)N(Cc1ccc(F)cc1)C(=O)CSCc1ccc(Cl)cc1. The Morgan fingerprint density at radius 2 is 1.70 bits per heavy atom. The van der Waals surface area contributed by atoms with Crippen LogP contribution in [-0.4, -0.2) is 34.6 Å². The standard InChI is InChI=1S/C26H32ClFN2O2S/c1-2-24(26(32)29-23-6-4-3-5-7-23)30(16-19-10-14-22(28)15-11-19)25(31)18-33-17-20-8-12-21(27)13-9-20/h8-15,23-24H,2-7,16-18H2,1H3,(H,29,32)/t24-/m0/s1. The Morgan fingerprint density at radius 1 is 1.06 bits per heavy atom. The van der Waals surface area contributed by atoms with Gasteiger partial charge in [-0.1, -0.05) is 62.1 Å². The normalized spacial score (nSPS) is 15.1. The molecular weight excluding hydrogens is 459 g/mol. The van der Waals surface area contributed by atoms with Gasteiger partial charge in [0.2, 0.25) is 11.8 Å². The lowest BCUT2D eigenvalue weighted by atomic mass is 9.95. The Bertz CT molecular complexity index is 902. The van der Waals surface area contributed by atoms with E-state index in [1.165, 1.54) is 30.3 Å². The van der Waals surface area contributed by atoms with E-state index in [0.29, 0.717) is 17.2 Å². The molecule has 1 aliphatic rings. The van der Waals surface area contributed by atoms with Crippen LogP contribution in [0.5, 0.6) is 0 Å². The second-order valence-electron chi connectivity index (χ2n) is 8.53. The summed E-state index contributed by atoms with van der Waals surface area (Å²) >= 11 is 7.46. The summed E-state index contributed by atoms with van der Waals surface area (Å²) < 4.78 is 13.4. The molecule has 1 N–H and O–H groups in total. The molecule has 1 saturated carbocycles. The molecule has 4 nitrogen and oxygen atoms in total. The van der Waals surface area contributed by atoms with Gasteiger partial charge in [-0.25, -0.2) is 4.39 Å². The van der Waals surface area contributed by atoms with Gasteiger partial charge >= 0.3 is 0 Å². The monoisotopic (exact) mass is 490 g/mol. The molecular formula is C26H32ClFN2O2S. The fourth-order valence-electron chi connectivity index (χ4n) is 4.17. The summed E-state index contributed by atoms with van der Waals surface area (Å²) in [5.74, 6) is 0.429. The van der Waals surface area contributed by atoms with Gasteiger partial charge in [0.05, 0.1) is 5.75 Å². The fourth-order valence-corrected chi connectivity index (χ4v) is 5.17. The van der Waals surface area contributed by atoms with Crippen molar-refractivity contribution < 1.29 is 14.0 Å². The fraction of sp³-hybridized carbons (Fsp3) is 0.462. The molecule has 0 radical (unpaired) electrons. The Labute approximate surface area is 205 Å². The van der Waals surface area contributed by atoms with Gasteiger partial charge in [0, 0.05) is 23.4 Å². The largest absolute Gasteiger partial charge is 0.352 e. The maximum absolute atomic E-state index is 13.4. The zero-order chi connectivity index (χ0) is 23.6. The van der Waals surface area contributed by atoms with Crippen LogP contribution < -0.4 is 5.32 Å². The maximum atomic E-state index is 13.4. The van der Waals surface area contributed by atoms with Crippen LogP contribution in [0.1, 0.15) is 56.6 Å². The molecule has 1 atom stereocenters. The zero-order valence-corrected chi connectivity index (χ0v) is 20.6. The quantitative estimate of drug-likeness (QED) is 0.446. The predicted octanol–water partition coefficient (Wildman–Crippen LogP) is 5.97. The minimum Gasteiger partial charge on any atom is -0.352 e. The van der Waals surface area contributed by atoms with E-state index in [-0.39, 0.29) is 36.0 Å². The molecule has 0 unspecified atom stereocenters. The Balaban J connectivity index is 1.68. The van der Waals surface area contributed by atoms with Crippen molar-refractivity contribution in [3.8, 4) is 0 Å². The van der Waals surface area contributed by atoms with Crippen molar-refractivity contribution in [3.63, 3.8) is 0 Å². The van der Waals surface area contributed by atoms with E-state index in [2.05, 4.69) is 5.32 Å². The highest BCUT2D eigenvalue weighted by molar-refractivity contribution is 7.99. The van der Waals surface area contributed by atoms with Crippen LogP contribution in [-0.2, 0) is 21.9 Å². The number of hydrogen-bond acceptors (Lipinski definition) is 3. The van der Waals surface area contributed by atoms with E-state index < -0.39 is 6.04 Å². The van der Waals surface area contributed by atoms with Crippen molar-refractivity contribution in [1.29, 1.82) is 0 Å². The van der Waals surface area contributed by atoms with Gasteiger partial charge in [-0.2, -0.15) is 0 Å². The van der Waals surface area contributed by atoms with Crippen LogP contribution in [0.3, 0.4) is 0 Å². The van der Waals surface area contributed by atoms with E-state index >= 15 is 0 Å². The van der Waals surface area contributed by atoms with E-state index in [9.17, 15) is 14.0 Å². The molecule has 0 aliphatic heterocycles. The highest BCUT2D eigenvalue weighted by Crippen LogP contribution is 2.21. The number of nitrogens with zero attached hydrogens (tertiary/aromatic N) is 1. The lowest BCUT2D eigenvalue weighted by Gasteiger charge is -2.32. The molecule has 3 rings (SSSR count). The van der Waals surface area contributed by atoms with Gasteiger partial charge < -0.3 is 10.2 Å². The molecule has 0 bridgehead atoms. The Hall–Kier alpha value is -2.05. The summed E-state index contributed by atoms with van der Waals surface area (Å²) in [5, 5.41) is 3.86. The minimum absolute atomic E-state index is 0.0936. The summed E-state index contributed by atoms with van der Waals surface area (Å²) in [5.41, 5.74) is 1.89. The van der Waals surface area contributed by atoms with E-state index in [4.69, 9.17) is 11.6 Å². The summed E-state index contributed by atoms with van der Waals surface area (Å²) in [6, 6.07) is 13.3. The molecule has 0 saturated heterocycles. The molecule has 7 heteroatoms. The second-order valence-corrected chi connectivity index (χ2v) is 9.96. The van der Waals surface area contributed by atoms with Crippen LogP contribution in [0.2, 0.25) is 5.02 Å². The van der Waals surface area contributed by atoms with Crippen molar-refractivity contribution in [3.05, 3.63) is 70.5 Å². The van der Waals surface area contributed by atoms with E-state index in [1.807, 2.05) is 31.2 Å². The van der Waals surface area contributed by atoms with Crippen LogP contribution in [0.4, 0.5) is 4.39 Å². The first kappa shape index (κ1) is 25.6. The lowest BCUT2D eigenvalue weighted by molar-refractivity contribution is -0.139. The van der Waals surface area contributed by atoms with Crippen LogP contribution >= 0.6 is 23.4 Å². The minimum atomic E-state index is -0.555. The summed E-state index contributed by atoms with van der Waals surface area (Å²) in [6.45, 7) is 2.20. The Kier molecular flexibility index (Phi) is 10.1. The molecule has 1 aliphatic carbocycles. The first-order valence-corrected chi connectivity index (χ1v) is 13.2. The number of carbonyl (C=O) groups is 2. The van der Waals surface area contributed by atoms with Crippen molar-refractivity contribution >= 4 is 35.2 Å². The van der Waals surface area contributed by atoms with Gasteiger partial charge in [0.1, 0.15) is 11.9 Å². The predicted molar refractivity (Wildman–Crippen MR) is 134 cm³/mol. The van der Waals surface area contributed by atoms with E-state index in [1.54, 1.807) is 17.0 Å². The first-order valence-electron chi connectivity index (χ1n) is 11.6. The third kappa shape index (κ3) is 8.04. The summed E-state index contributed by atoms with van der Waals surface area (Å²) in [7, 11) is 0. The number of carbonyl (C=O) groups excluding carboxylic acids is 2. The highest BCUT2D eigenvalue weighted by Gasteiger charge is 2.30. The molecule has 178 valence electrons. The molecule has 0 aromatic heterocycles. The molecule has 1 fully saturated rings. The van der Waals surface area contributed by atoms with Gasteiger partial charge in [0.15, 0.2) is 0 Å². The smallest absolute Gasteiger partial charge is 0.243 e. The van der Waals surface area contributed by atoms with Crippen LogP contribution in [0.25, 0.3) is 0 Å². The van der Waals surface area contributed by atoms with Gasteiger partial charge in [-0.05, 0) is 54.7 Å². The second kappa shape index (κ2) is 13.0. The first-order chi connectivity index (χ1) is 16.0. The Morgan fingerprint density at radius 3 is 2.33 bits per heavy atom. The number of benzene rings is 2. The maximum Gasteiger partial charge on any atom is 0.243 e. The zero-order valence-electron chi connectivity index (χ0n) is 19.1. The third-order valence-corrected chi connectivity index (χ3v) is 7.25. The molecule has 2 aromatic carbocycles. The van der Waals surface area contributed by atoms with Gasteiger partial charge in [-0.15, -0.1) is 11.8 Å². The van der Waals surface area contributed by atoms with Crippen LogP contribution in [0.15, 0.2) is 48.5 Å². The van der Waals surface area contributed by atoms with E-state index in [0.717, 1.165) is 36.8 Å². The molecule has 2 amide bonds. The highest BCUT2D eigenvalue weighted by atomic mass is 35.5. The number of halogens is 2. The number of thioether (sulfide) groups is 1. The topological polar surface area (TPSA) is 49.4 Å². The van der Waals surface area contributed by atoms with Crippen LogP contribution in [0, 0.1) is 5.82 Å². The molecule has 0 spiro atoms.